The van der Waals surface area contributed by atoms with E-state index in [0.717, 1.165) is 5.56 Å². The second kappa shape index (κ2) is 5.02. The van der Waals surface area contributed by atoms with E-state index in [1.165, 1.54) is 19.1 Å². The molecule has 1 aliphatic carbocycles. The Hall–Kier alpha value is -2.01. The summed E-state index contributed by atoms with van der Waals surface area (Å²) in [6, 6.07) is 5.94. The molecule has 0 fully saturated rings. The van der Waals surface area contributed by atoms with Crippen molar-refractivity contribution in [2.45, 2.75) is 38.7 Å². The molecule has 0 radical (unpaired) electrons. The van der Waals surface area contributed by atoms with Gasteiger partial charge in [-0.3, -0.25) is 4.79 Å². The summed E-state index contributed by atoms with van der Waals surface area (Å²) in [7, 11) is 0. The fourth-order valence-electron chi connectivity index (χ4n) is 3.50. The van der Waals surface area contributed by atoms with Crippen LogP contribution in [0.15, 0.2) is 28.7 Å². The second-order valence-corrected chi connectivity index (χ2v) is 6.20. The number of carbonyl (C=O) groups is 1. The average Bonchev–Trinajstić information content (AvgIpc) is 2.76. The van der Waals surface area contributed by atoms with Crippen LogP contribution in [-0.4, -0.2) is 21.5 Å². The summed E-state index contributed by atoms with van der Waals surface area (Å²) < 4.78 is 18.9. The maximum atomic E-state index is 13.2. The van der Waals surface area contributed by atoms with E-state index < -0.39 is 17.4 Å². The minimum atomic E-state index is -1.22. The maximum absolute atomic E-state index is 13.2. The Balaban J connectivity index is 2.20. The molecule has 4 nitrogen and oxygen atoms in total. The molecular formula is C17H18FNO3. The summed E-state index contributed by atoms with van der Waals surface area (Å²) in [5.74, 6) is -0.498. The first-order valence-electron chi connectivity index (χ1n) is 7.24. The number of carbonyl (C=O) groups excluding carboxylic acids is 1. The topological polar surface area (TPSA) is 63.3 Å². The molecule has 22 heavy (non-hydrogen) atoms. The van der Waals surface area contributed by atoms with Crippen LogP contribution in [0.25, 0.3) is 0 Å². The van der Waals surface area contributed by atoms with E-state index in [0.29, 0.717) is 17.3 Å². The van der Waals surface area contributed by atoms with Gasteiger partial charge in [0.2, 0.25) is 0 Å². The summed E-state index contributed by atoms with van der Waals surface area (Å²) in [4.78, 5) is 16.5. The molecular weight excluding hydrogens is 285 g/mol. The Morgan fingerprint density at radius 2 is 2.05 bits per heavy atom. The van der Waals surface area contributed by atoms with Crippen LogP contribution >= 0.6 is 0 Å². The third-order valence-electron chi connectivity index (χ3n) is 4.31. The lowest BCUT2D eigenvalue weighted by atomic mass is 9.66. The van der Waals surface area contributed by atoms with Gasteiger partial charge in [-0.25, -0.2) is 9.37 Å². The van der Waals surface area contributed by atoms with Crippen LogP contribution in [0.4, 0.5) is 4.39 Å². The van der Waals surface area contributed by atoms with E-state index in [9.17, 15) is 14.3 Å². The molecule has 3 rings (SSSR count). The van der Waals surface area contributed by atoms with Gasteiger partial charge in [-0.2, -0.15) is 0 Å². The van der Waals surface area contributed by atoms with E-state index in [2.05, 4.69) is 4.98 Å². The number of oxazole rings is 1. The van der Waals surface area contributed by atoms with Gasteiger partial charge in [0.1, 0.15) is 17.4 Å². The molecule has 3 unspecified atom stereocenters. The summed E-state index contributed by atoms with van der Waals surface area (Å²) >= 11 is 0. The van der Waals surface area contributed by atoms with Crippen LogP contribution in [0.2, 0.25) is 0 Å². The predicted octanol–water partition coefficient (Wildman–Crippen LogP) is 2.77. The molecule has 1 aromatic heterocycles. The predicted molar refractivity (Wildman–Crippen MR) is 78.0 cm³/mol. The van der Waals surface area contributed by atoms with Gasteiger partial charge in [0.25, 0.3) is 0 Å². The van der Waals surface area contributed by atoms with Gasteiger partial charge in [0.05, 0.1) is 23.1 Å². The van der Waals surface area contributed by atoms with Crippen LogP contribution in [0.3, 0.4) is 0 Å². The quantitative estimate of drug-likeness (QED) is 0.926. The highest BCUT2D eigenvalue weighted by atomic mass is 19.1. The monoisotopic (exact) mass is 303 g/mol. The van der Waals surface area contributed by atoms with E-state index in [4.69, 9.17) is 4.42 Å². The van der Waals surface area contributed by atoms with Crippen molar-refractivity contribution in [1.82, 2.24) is 4.98 Å². The van der Waals surface area contributed by atoms with Gasteiger partial charge in [-0.1, -0.05) is 12.1 Å². The smallest absolute Gasteiger partial charge is 0.191 e. The highest BCUT2D eigenvalue weighted by molar-refractivity contribution is 5.81. The Morgan fingerprint density at radius 1 is 1.41 bits per heavy atom. The molecule has 0 saturated carbocycles. The summed E-state index contributed by atoms with van der Waals surface area (Å²) in [5.41, 5.74) is 0.176. The molecule has 1 heterocycles. The molecule has 0 spiro atoms. The summed E-state index contributed by atoms with van der Waals surface area (Å²) in [6.07, 6.45) is 0.265. The zero-order chi connectivity index (χ0) is 16.1. The largest absolute Gasteiger partial charge is 0.445 e. The zero-order valence-corrected chi connectivity index (χ0v) is 12.8. The van der Waals surface area contributed by atoms with Gasteiger partial charge in [-0.05, 0) is 31.5 Å². The molecule has 2 aromatic rings. The van der Waals surface area contributed by atoms with Gasteiger partial charge >= 0.3 is 0 Å². The number of rotatable bonds is 2. The highest BCUT2D eigenvalue weighted by Gasteiger charge is 2.49. The average molecular weight is 303 g/mol. The second-order valence-electron chi connectivity index (χ2n) is 6.20. The van der Waals surface area contributed by atoms with E-state index >= 15 is 0 Å². The molecule has 3 atom stereocenters. The van der Waals surface area contributed by atoms with Gasteiger partial charge in [-0.15, -0.1) is 0 Å². The Morgan fingerprint density at radius 3 is 2.64 bits per heavy atom. The normalized spacial score (nSPS) is 27.5. The lowest BCUT2D eigenvalue weighted by molar-refractivity contribution is -0.131. The minimum Gasteiger partial charge on any atom is -0.445 e. The zero-order valence-electron chi connectivity index (χ0n) is 12.8. The number of aliphatic hydroxyl groups is 1. The van der Waals surface area contributed by atoms with E-state index in [-0.39, 0.29) is 18.0 Å². The van der Waals surface area contributed by atoms with Crippen LogP contribution in [0.1, 0.15) is 42.7 Å². The number of Topliss-reactive ketones (excluding diaryl/α,β-unsaturated/α-hetero) is 1. The molecule has 1 aliphatic rings. The number of ketones is 1. The Kier molecular flexibility index (Phi) is 3.40. The van der Waals surface area contributed by atoms with Crippen LogP contribution in [-0.2, 0) is 11.2 Å². The molecule has 0 saturated heterocycles. The maximum Gasteiger partial charge on any atom is 0.191 e. The van der Waals surface area contributed by atoms with Crippen molar-refractivity contribution in [3.05, 3.63) is 53.0 Å². The highest BCUT2D eigenvalue weighted by Crippen LogP contribution is 2.46. The molecule has 0 bridgehead atoms. The number of halogens is 1. The lowest BCUT2D eigenvalue weighted by Gasteiger charge is -2.39. The number of aryl methyl sites for hydroxylation is 1. The van der Waals surface area contributed by atoms with E-state index in [1.807, 2.05) is 0 Å². The Bertz CT molecular complexity index is 718. The molecule has 1 aromatic carbocycles. The van der Waals surface area contributed by atoms with Crippen molar-refractivity contribution in [2.75, 3.05) is 0 Å². The van der Waals surface area contributed by atoms with Gasteiger partial charge < -0.3 is 9.52 Å². The number of nitrogens with zero attached hydrogens (tertiary/aromatic N) is 1. The first kappa shape index (κ1) is 14.9. The first-order chi connectivity index (χ1) is 10.3. The number of benzene rings is 1. The van der Waals surface area contributed by atoms with E-state index in [1.54, 1.807) is 26.0 Å². The fraction of sp³-hybridized carbons (Fsp3) is 0.412. The van der Waals surface area contributed by atoms with Crippen LogP contribution < -0.4 is 0 Å². The van der Waals surface area contributed by atoms with Crippen molar-refractivity contribution < 1.29 is 18.7 Å². The number of hydrogen-bond acceptors (Lipinski definition) is 4. The lowest BCUT2D eigenvalue weighted by Crippen LogP contribution is -2.47. The first-order valence-corrected chi connectivity index (χ1v) is 7.24. The molecule has 116 valence electrons. The molecule has 0 aliphatic heterocycles. The summed E-state index contributed by atoms with van der Waals surface area (Å²) in [5, 5.41) is 10.8. The third-order valence-corrected chi connectivity index (χ3v) is 4.31. The van der Waals surface area contributed by atoms with Gasteiger partial charge in [0.15, 0.2) is 5.89 Å². The van der Waals surface area contributed by atoms with Crippen molar-refractivity contribution in [3.8, 4) is 0 Å². The molecule has 0 amide bonds. The van der Waals surface area contributed by atoms with Crippen LogP contribution in [0, 0.1) is 18.7 Å². The van der Waals surface area contributed by atoms with Crippen molar-refractivity contribution in [3.63, 3.8) is 0 Å². The number of fused-ring (bicyclic) bond motifs is 1. The minimum absolute atomic E-state index is 0.126. The molecule has 1 N–H and O–H groups in total. The van der Waals surface area contributed by atoms with Crippen molar-refractivity contribution in [1.29, 1.82) is 0 Å². The summed E-state index contributed by atoms with van der Waals surface area (Å²) in [6.45, 7) is 4.84. The van der Waals surface area contributed by atoms with Crippen molar-refractivity contribution >= 4 is 5.78 Å². The third kappa shape index (κ3) is 2.35. The number of hydrogen-bond donors (Lipinski definition) is 1. The SMILES string of the molecule is CC(=O)C1C(c2ccc(F)cc2)c2oc(C)nc2CC1(C)O. The van der Waals surface area contributed by atoms with Crippen molar-refractivity contribution in [2.24, 2.45) is 5.92 Å². The van der Waals surface area contributed by atoms with Gasteiger partial charge in [0, 0.05) is 13.3 Å². The Labute approximate surface area is 128 Å². The van der Waals surface area contributed by atoms with Crippen LogP contribution in [0.5, 0.6) is 0 Å². The standard InChI is InChI=1S/C17H18FNO3/c1-9(20)15-14(11-4-6-12(18)7-5-11)16-13(8-17(15,3)21)19-10(2)22-16/h4-7,14-15,21H,8H2,1-3H3. The number of aromatic nitrogens is 1. The molecule has 5 heteroatoms. The fourth-order valence-corrected chi connectivity index (χ4v) is 3.50.